The number of carbonyl (C=O) groups is 1. The maximum atomic E-state index is 12.9. The molecule has 1 aliphatic rings. The van der Waals surface area contributed by atoms with E-state index in [1.165, 1.54) is 11.1 Å². The van der Waals surface area contributed by atoms with E-state index in [0.717, 1.165) is 59.2 Å². The number of fused-ring (bicyclic) bond motifs is 1. The molecule has 162 valence electrons. The second-order valence-electron chi connectivity index (χ2n) is 8.85. The number of rotatable bonds is 4. The third-order valence-corrected chi connectivity index (χ3v) is 6.43. The molecule has 0 atom stereocenters. The molecule has 3 aromatic rings. The number of furan rings is 1. The molecule has 4 nitrogen and oxygen atoms in total. The second-order valence-corrected chi connectivity index (χ2v) is 8.85. The van der Waals surface area contributed by atoms with Crippen molar-refractivity contribution < 1.29 is 13.9 Å². The highest BCUT2D eigenvalue weighted by Crippen LogP contribution is 2.38. The van der Waals surface area contributed by atoms with Gasteiger partial charge < -0.3 is 14.1 Å². The first-order valence-electron chi connectivity index (χ1n) is 11.0. The zero-order chi connectivity index (χ0) is 22.1. The topological polar surface area (TPSA) is 42.7 Å². The highest BCUT2D eigenvalue weighted by atomic mass is 16.5. The number of ether oxygens (including phenoxy) is 1. The first-order valence-corrected chi connectivity index (χ1v) is 11.0. The predicted octanol–water partition coefficient (Wildman–Crippen LogP) is 6.39. The molecule has 2 heterocycles. The first kappa shape index (κ1) is 21.2. The molecule has 4 rings (SSSR count). The number of amides is 1. The summed E-state index contributed by atoms with van der Waals surface area (Å²) in [5, 5.41) is 1.02. The molecule has 0 N–H and O–H groups in total. The zero-order valence-corrected chi connectivity index (χ0v) is 19.1. The third-order valence-electron chi connectivity index (χ3n) is 6.43. The van der Waals surface area contributed by atoms with E-state index in [1.54, 1.807) is 13.2 Å². The number of likely N-dealkylation sites (tertiary alicyclic amines) is 1. The van der Waals surface area contributed by atoms with Crippen LogP contribution in [0.25, 0.3) is 27.7 Å². The first-order chi connectivity index (χ1) is 14.9. The molecule has 4 heteroatoms. The number of aryl methyl sites for hydroxylation is 2. The SMILES string of the molecule is COc1cc2occ(-c3ccc(C)cc3C)c2cc1/C(C)=C/C(=O)N1CCC(C)CC1. The molecule has 1 amide bonds. The van der Waals surface area contributed by atoms with Crippen molar-refractivity contribution in [3.8, 4) is 16.9 Å². The van der Waals surface area contributed by atoms with Crippen molar-refractivity contribution in [2.45, 2.75) is 40.5 Å². The molecular weight excluding hydrogens is 386 g/mol. The van der Waals surface area contributed by atoms with Gasteiger partial charge >= 0.3 is 0 Å². The lowest BCUT2D eigenvalue weighted by molar-refractivity contribution is -0.127. The van der Waals surface area contributed by atoms with Crippen LogP contribution in [0.1, 0.15) is 43.4 Å². The van der Waals surface area contributed by atoms with Gasteiger partial charge in [0.25, 0.3) is 0 Å². The van der Waals surface area contributed by atoms with Crippen LogP contribution in [0.3, 0.4) is 0 Å². The predicted molar refractivity (Wildman–Crippen MR) is 126 cm³/mol. The van der Waals surface area contributed by atoms with E-state index in [1.807, 2.05) is 24.2 Å². The van der Waals surface area contributed by atoms with Crippen molar-refractivity contribution in [2.24, 2.45) is 5.92 Å². The van der Waals surface area contributed by atoms with E-state index in [2.05, 4.69) is 45.0 Å². The van der Waals surface area contributed by atoms with Crippen LogP contribution in [0, 0.1) is 19.8 Å². The minimum atomic E-state index is 0.0772. The Labute approximate surface area is 184 Å². The molecule has 0 aliphatic carbocycles. The number of piperidine rings is 1. The van der Waals surface area contributed by atoms with Crippen molar-refractivity contribution in [3.63, 3.8) is 0 Å². The smallest absolute Gasteiger partial charge is 0.246 e. The number of hydrogen-bond acceptors (Lipinski definition) is 3. The van der Waals surface area contributed by atoms with Gasteiger partial charge in [0, 0.05) is 41.7 Å². The van der Waals surface area contributed by atoms with Crippen LogP contribution in [0.2, 0.25) is 0 Å². The summed E-state index contributed by atoms with van der Waals surface area (Å²) >= 11 is 0. The van der Waals surface area contributed by atoms with Crippen LogP contribution in [-0.4, -0.2) is 31.0 Å². The number of benzene rings is 2. The molecule has 0 unspecified atom stereocenters. The molecule has 31 heavy (non-hydrogen) atoms. The lowest BCUT2D eigenvalue weighted by atomic mass is 9.96. The van der Waals surface area contributed by atoms with Crippen LogP contribution in [0.15, 0.2) is 47.1 Å². The standard InChI is InChI=1S/C27H31NO3/c1-17-8-10-28(11-9-17)27(29)13-20(4)22-14-23-24(16-31-26(23)15-25(22)30-5)21-7-6-18(2)12-19(21)3/h6-7,12-17H,8-11H2,1-5H3/b20-13+. The number of carbonyl (C=O) groups excluding carboxylic acids is 1. The van der Waals surface area contributed by atoms with E-state index in [4.69, 9.17) is 9.15 Å². The van der Waals surface area contributed by atoms with E-state index >= 15 is 0 Å². The lowest BCUT2D eigenvalue weighted by Crippen LogP contribution is -2.36. The van der Waals surface area contributed by atoms with E-state index in [-0.39, 0.29) is 5.91 Å². The Morgan fingerprint density at radius 1 is 1.13 bits per heavy atom. The molecule has 2 aromatic carbocycles. The molecule has 0 radical (unpaired) electrons. The minimum absolute atomic E-state index is 0.0772. The van der Waals surface area contributed by atoms with Gasteiger partial charge in [-0.05, 0) is 62.3 Å². The Morgan fingerprint density at radius 2 is 1.87 bits per heavy atom. The normalized spacial score (nSPS) is 15.5. The number of nitrogens with zero attached hydrogens (tertiary/aromatic N) is 1. The Kier molecular flexibility index (Phi) is 5.90. The summed E-state index contributed by atoms with van der Waals surface area (Å²) in [7, 11) is 1.65. The van der Waals surface area contributed by atoms with Crippen LogP contribution < -0.4 is 4.74 Å². The molecule has 1 fully saturated rings. The van der Waals surface area contributed by atoms with Crippen molar-refractivity contribution in [1.82, 2.24) is 4.90 Å². The fourth-order valence-corrected chi connectivity index (χ4v) is 4.44. The fourth-order valence-electron chi connectivity index (χ4n) is 4.44. The summed E-state index contributed by atoms with van der Waals surface area (Å²) in [5.41, 5.74) is 7.25. The summed E-state index contributed by atoms with van der Waals surface area (Å²) in [5.74, 6) is 1.48. The Balaban J connectivity index is 1.73. The van der Waals surface area contributed by atoms with Crippen LogP contribution >= 0.6 is 0 Å². The van der Waals surface area contributed by atoms with Gasteiger partial charge in [-0.15, -0.1) is 0 Å². The van der Waals surface area contributed by atoms with E-state index < -0.39 is 0 Å². The lowest BCUT2D eigenvalue weighted by Gasteiger charge is -2.29. The third kappa shape index (κ3) is 4.25. The summed E-state index contributed by atoms with van der Waals surface area (Å²) in [6.45, 7) is 10.1. The van der Waals surface area contributed by atoms with Crippen molar-refractivity contribution in [2.75, 3.05) is 20.2 Å². The summed E-state index contributed by atoms with van der Waals surface area (Å²) in [6, 6.07) is 10.4. The van der Waals surface area contributed by atoms with Gasteiger partial charge in [-0.25, -0.2) is 0 Å². The number of hydrogen-bond donors (Lipinski definition) is 0. The van der Waals surface area contributed by atoms with Gasteiger partial charge in [-0.3, -0.25) is 4.79 Å². The molecule has 1 aromatic heterocycles. The van der Waals surface area contributed by atoms with E-state index in [0.29, 0.717) is 11.7 Å². The Morgan fingerprint density at radius 3 is 2.55 bits per heavy atom. The largest absolute Gasteiger partial charge is 0.496 e. The Bertz CT molecular complexity index is 1150. The summed E-state index contributed by atoms with van der Waals surface area (Å²) < 4.78 is 11.5. The number of allylic oxidation sites excluding steroid dienone is 1. The van der Waals surface area contributed by atoms with Gasteiger partial charge in [-0.1, -0.05) is 30.7 Å². The van der Waals surface area contributed by atoms with Gasteiger partial charge in [0.15, 0.2) is 0 Å². The monoisotopic (exact) mass is 417 g/mol. The van der Waals surface area contributed by atoms with Gasteiger partial charge in [0.05, 0.1) is 13.4 Å². The molecule has 0 bridgehead atoms. The quantitative estimate of drug-likeness (QED) is 0.462. The van der Waals surface area contributed by atoms with Crippen molar-refractivity contribution in [1.29, 1.82) is 0 Å². The molecule has 1 saturated heterocycles. The number of methoxy groups -OCH3 is 1. The van der Waals surface area contributed by atoms with Crippen molar-refractivity contribution in [3.05, 3.63) is 59.4 Å². The van der Waals surface area contributed by atoms with Crippen LogP contribution in [0.5, 0.6) is 5.75 Å². The van der Waals surface area contributed by atoms with Gasteiger partial charge in [0.2, 0.25) is 5.91 Å². The second kappa shape index (κ2) is 8.62. The van der Waals surface area contributed by atoms with E-state index in [9.17, 15) is 4.79 Å². The van der Waals surface area contributed by atoms with Crippen molar-refractivity contribution >= 4 is 22.4 Å². The molecular formula is C27H31NO3. The minimum Gasteiger partial charge on any atom is -0.496 e. The van der Waals surface area contributed by atoms with Gasteiger partial charge in [-0.2, -0.15) is 0 Å². The fraction of sp³-hybridized carbons (Fsp3) is 0.370. The summed E-state index contributed by atoms with van der Waals surface area (Å²) in [6.07, 6.45) is 5.70. The maximum absolute atomic E-state index is 12.9. The molecule has 0 spiro atoms. The average Bonchev–Trinajstić information content (AvgIpc) is 3.15. The average molecular weight is 418 g/mol. The van der Waals surface area contributed by atoms with Gasteiger partial charge in [0.1, 0.15) is 11.3 Å². The highest BCUT2D eigenvalue weighted by Gasteiger charge is 2.20. The Hall–Kier alpha value is -3.01. The van der Waals surface area contributed by atoms with Crippen LogP contribution in [-0.2, 0) is 4.79 Å². The van der Waals surface area contributed by atoms with Crippen LogP contribution in [0.4, 0.5) is 0 Å². The molecule has 1 aliphatic heterocycles. The molecule has 0 saturated carbocycles. The maximum Gasteiger partial charge on any atom is 0.246 e. The summed E-state index contributed by atoms with van der Waals surface area (Å²) in [4.78, 5) is 14.8. The zero-order valence-electron chi connectivity index (χ0n) is 19.1. The highest BCUT2D eigenvalue weighted by molar-refractivity contribution is 6.00.